The zero-order valence-corrected chi connectivity index (χ0v) is 17.4. The number of likely N-dealkylation sites (N-methyl/N-ethyl adjacent to an activating group) is 2. The maximum Gasteiger partial charge on any atom is 0.255 e. The van der Waals surface area contributed by atoms with Gasteiger partial charge < -0.3 is 14.3 Å². The first-order valence-corrected chi connectivity index (χ1v) is 10.5. The Morgan fingerprint density at radius 2 is 2.22 bits per heavy atom. The fourth-order valence-corrected chi connectivity index (χ4v) is 5.35. The lowest BCUT2D eigenvalue weighted by Gasteiger charge is -2.28. The molecule has 4 rings (SSSR count). The van der Waals surface area contributed by atoms with Crippen LogP contribution in [-0.2, 0) is 19.5 Å². The van der Waals surface area contributed by atoms with Crippen molar-refractivity contribution in [1.82, 2.24) is 19.9 Å². The molecule has 0 N–H and O–H groups in total. The Labute approximate surface area is 164 Å². The highest BCUT2D eigenvalue weighted by Gasteiger charge is 2.31. The van der Waals surface area contributed by atoms with E-state index < -0.39 is 0 Å². The van der Waals surface area contributed by atoms with Crippen molar-refractivity contribution in [3.63, 3.8) is 0 Å². The molecule has 0 saturated carbocycles. The SMILES string of the molecule is Cc1noc(C)c1CN1CCc2c(C(=O)N(C)[C@H]3CCN(C)C3)csc2C1. The van der Waals surface area contributed by atoms with E-state index in [1.807, 2.05) is 25.8 Å². The normalized spacial score (nSPS) is 20.8. The molecular formula is C20H28N4O2S. The number of carbonyl (C=O) groups is 1. The van der Waals surface area contributed by atoms with E-state index in [0.29, 0.717) is 6.04 Å². The highest BCUT2D eigenvalue weighted by atomic mass is 32.1. The number of aryl methyl sites for hydroxylation is 2. The van der Waals surface area contributed by atoms with E-state index >= 15 is 0 Å². The van der Waals surface area contributed by atoms with Crippen molar-refractivity contribution >= 4 is 17.2 Å². The molecule has 2 aromatic heterocycles. The molecule has 0 unspecified atom stereocenters. The van der Waals surface area contributed by atoms with E-state index in [1.54, 1.807) is 11.3 Å². The van der Waals surface area contributed by atoms with Gasteiger partial charge in [0, 0.05) is 55.1 Å². The third-order valence-electron chi connectivity index (χ3n) is 6.05. The van der Waals surface area contributed by atoms with Gasteiger partial charge in [0.15, 0.2) is 0 Å². The summed E-state index contributed by atoms with van der Waals surface area (Å²) in [5.74, 6) is 1.09. The van der Waals surface area contributed by atoms with Crippen LogP contribution >= 0.6 is 11.3 Å². The lowest BCUT2D eigenvalue weighted by molar-refractivity contribution is 0.0736. The van der Waals surface area contributed by atoms with E-state index in [1.165, 1.54) is 16.0 Å². The molecule has 7 heteroatoms. The maximum atomic E-state index is 13.1. The molecular weight excluding hydrogens is 360 g/mol. The largest absolute Gasteiger partial charge is 0.361 e. The average Bonchev–Trinajstić information content (AvgIpc) is 3.35. The first-order valence-electron chi connectivity index (χ1n) is 9.63. The minimum atomic E-state index is 0.187. The van der Waals surface area contributed by atoms with Gasteiger partial charge in [-0.2, -0.15) is 0 Å². The quantitative estimate of drug-likeness (QED) is 0.806. The number of thiophene rings is 1. The van der Waals surface area contributed by atoms with Crippen molar-refractivity contribution in [3.8, 4) is 0 Å². The van der Waals surface area contributed by atoms with E-state index in [4.69, 9.17) is 4.52 Å². The van der Waals surface area contributed by atoms with Crippen LogP contribution in [0.3, 0.4) is 0 Å². The molecule has 4 heterocycles. The summed E-state index contributed by atoms with van der Waals surface area (Å²) in [6, 6.07) is 0.331. The molecule has 6 nitrogen and oxygen atoms in total. The van der Waals surface area contributed by atoms with Crippen LogP contribution in [0.2, 0.25) is 0 Å². The van der Waals surface area contributed by atoms with Crippen LogP contribution in [-0.4, -0.2) is 65.5 Å². The molecule has 0 aromatic carbocycles. The Hall–Kier alpha value is -1.70. The van der Waals surface area contributed by atoms with Crippen LogP contribution in [0, 0.1) is 13.8 Å². The summed E-state index contributed by atoms with van der Waals surface area (Å²) in [4.78, 5) is 21.1. The number of rotatable bonds is 4. The van der Waals surface area contributed by atoms with Crippen molar-refractivity contribution in [3.05, 3.63) is 38.4 Å². The molecule has 1 atom stereocenters. The Morgan fingerprint density at radius 3 is 2.89 bits per heavy atom. The standard InChI is InChI=1S/C20H28N4O2S/c1-13-17(14(2)26-21-13)10-24-8-6-16-18(12-27-19(16)11-24)20(25)23(4)15-5-7-22(3)9-15/h12,15H,5-11H2,1-4H3/t15-/m0/s1. The summed E-state index contributed by atoms with van der Waals surface area (Å²) in [6.45, 7) is 8.73. The second-order valence-electron chi connectivity index (χ2n) is 7.94. The molecule has 2 aromatic rings. The summed E-state index contributed by atoms with van der Waals surface area (Å²) < 4.78 is 5.30. The number of carbonyl (C=O) groups excluding carboxylic acids is 1. The fourth-order valence-electron chi connectivity index (χ4n) is 4.23. The average molecular weight is 389 g/mol. The van der Waals surface area contributed by atoms with Crippen LogP contribution in [0.5, 0.6) is 0 Å². The number of hydrogen-bond acceptors (Lipinski definition) is 6. The smallest absolute Gasteiger partial charge is 0.255 e. The Morgan fingerprint density at radius 1 is 1.41 bits per heavy atom. The van der Waals surface area contributed by atoms with Crippen molar-refractivity contribution in [1.29, 1.82) is 0 Å². The van der Waals surface area contributed by atoms with Gasteiger partial charge in [-0.3, -0.25) is 9.69 Å². The maximum absolute atomic E-state index is 13.1. The zero-order chi connectivity index (χ0) is 19.1. The number of fused-ring (bicyclic) bond motifs is 1. The van der Waals surface area contributed by atoms with Crippen molar-refractivity contribution in [2.75, 3.05) is 33.7 Å². The van der Waals surface area contributed by atoms with Gasteiger partial charge in [-0.05, 0) is 45.8 Å². The molecule has 0 spiro atoms. The van der Waals surface area contributed by atoms with Crippen LogP contribution in [0.25, 0.3) is 0 Å². The highest BCUT2D eigenvalue weighted by Crippen LogP contribution is 2.31. The zero-order valence-electron chi connectivity index (χ0n) is 16.6. The Bertz CT molecular complexity index is 824. The first-order chi connectivity index (χ1) is 12.9. The summed E-state index contributed by atoms with van der Waals surface area (Å²) in [5.41, 5.74) is 4.35. The molecule has 0 radical (unpaired) electrons. The topological polar surface area (TPSA) is 52.8 Å². The van der Waals surface area contributed by atoms with E-state index in [9.17, 15) is 4.79 Å². The van der Waals surface area contributed by atoms with E-state index in [2.05, 4.69) is 27.4 Å². The first kappa shape index (κ1) is 18.7. The molecule has 146 valence electrons. The monoisotopic (exact) mass is 388 g/mol. The molecule has 1 saturated heterocycles. The van der Waals surface area contributed by atoms with Gasteiger partial charge in [0.2, 0.25) is 0 Å². The van der Waals surface area contributed by atoms with E-state index in [0.717, 1.165) is 62.6 Å². The van der Waals surface area contributed by atoms with Gasteiger partial charge in [-0.1, -0.05) is 5.16 Å². The molecule has 0 bridgehead atoms. The highest BCUT2D eigenvalue weighted by molar-refractivity contribution is 7.10. The molecule has 27 heavy (non-hydrogen) atoms. The number of amides is 1. The van der Waals surface area contributed by atoms with Gasteiger partial charge >= 0.3 is 0 Å². The van der Waals surface area contributed by atoms with Gasteiger partial charge in [0.05, 0.1) is 11.3 Å². The minimum Gasteiger partial charge on any atom is -0.361 e. The van der Waals surface area contributed by atoms with Crippen molar-refractivity contribution in [2.45, 2.75) is 45.8 Å². The summed E-state index contributed by atoms with van der Waals surface area (Å²) in [7, 11) is 4.08. The van der Waals surface area contributed by atoms with Crippen LogP contribution in [0.1, 0.15) is 44.2 Å². The van der Waals surface area contributed by atoms with Gasteiger partial charge in [-0.15, -0.1) is 11.3 Å². The summed E-state index contributed by atoms with van der Waals surface area (Å²) >= 11 is 1.73. The van der Waals surface area contributed by atoms with Crippen LogP contribution < -0.4 is 0 Å². The van der Waals surface area contributed by atoms with Crippen LogP contribution in [0.4, 0.5) is 0 Å². The van der Waals surface area contributed by atoms with Gasteiger partial charge in [0.1, 0.15) is 5.76 Å². The Balaban J connectivity index is 1.46. The second-order valence-corrected chi connectivity index (χ2v) is 8.90. The summed E-state index contributed by atoms with van der Waals surface area (Å²) in [6.07, 6.45) is 2.00. The molecule has 1 amide bonds. The number of likely N-dealkylation sites (tertiary alicyclic amines) is 1. The predicted molar refractivity (Wildman–Crippen MR) is 106 cm³/mol. The third kappa shape index (κ3) is 3.56. The number of aromatic nitrogens is 1. The van der Waals surface area contributed by atoms with Crippen LogP contribution in [0.15, 0.2) is 9.90 Å². The molecule has 2 aliphatic rings. The van der Waals surface area contributed by atoms with Gasteiger partial charge in [0.25, 0.3) is 5.91 Å². The molecule has 0 aliphatic carbocycles. The predicted octanol–water partition coefficient (Wildman–Crippen LogP) is 2.69. The second kappa shape index (κ2) is 7.37. The lowest BCUT2D eigenvalue weighted by atomic mass is 10.0. The van der Waals surface area contributed by atoms with Crippen molar-refractivity contribution < 1.29 is 9.32 Å². The lowest BCUT2D eigenvalue weighted by Crippen LogP contribution is -2.39. The summed E-state index contributed by atoms with van der Waals surface area (Å²) in [5, 5.41) is 6.13. The van der Waals surface area contributed by atoms with Crippen molar-refractivity contribution in [2.24, 2.45) is 0 Å². The number of hydrogen-bond donors (Lipinski definition) is 0. The Kier molecular flexibility index (Phi) is 5.09. The minimum absolute atomic E-state index is 0.187. The fraction of sp³-hybridized carbons (Fsp3) is 0.600. The van der Waals surface area contributed by atoms with E-state index in [-0.39, 0.29) is 5.91 Å². The van der Waals surface area contributed by atoms with Gasteiger partial charge in [-0.25, -0.2) is 0 Å². The molecule has 2 aliphatic heterocycles. The third-order valence-corrected chi connectivity index (χ3v) is 7.07. The molecule has 1 fully saturated rings. The number of nitrogens with zero attached hydrogens (tertiary/aromatic N) is 4.